The average Bonchev–Trinajstić information content (AvgIpc) is 3.28. The zero-order chi connectivity index (χ0) is 23.7. The first kappa shape index (κ1) is 21.9. The van der Waals surface area contributed by atoms with Crippen LogP contribution < -0.4 is 10.3 Å². The summed E-state index contributed by atoms with van der Waals surface area (Å²) in [4.78, 5) is 21.4. The standard InChI is InChI=1S/C26H19F2N3O2S/c1-33-22-12-7-16(13-21(22)28)15-34-26-30-23-20(17-5-3-2-4-6-17)14-29-24(23)25(32)31(26)19-10-8-18(27)9-11-19/h2-14,29H,15H2,1H3. The second kappa shape index (κ2) is 9.15. The lowest BCUT2D eigenvalue weighted by Crippen LogP contribution is -2.21. The molecular weight excluding hydrogens is 456 g/mol. The van der Waals surface area contributed by atoms with Gasteiger partial charge in [0.1, 0.15) is 16.9 Å². The number of rotatable bonds is 6. The van der Waals surface area contributed by atoms with Gasteiger partial charge in [0, 0.05) is 17.5 Å². The van der Waals surface area contributed by atoms with E-state index in [1.807, 2.05) is 30.3 Å². The summed E-state index contributed by atoms with van der Waals surface area (Å²) in [5, 5.41) is 0.414. The number of thioether (sulfide) groups is 1. The van der Waals surface area contributed by atoms with Crippen molar-refractivity contribution in [2.24, 2.45) is 0 Å². The van der Waals surface area contributed by atoms with Crippen molar-refractivity contribution in [3.8, 4) is 22.6 Å². The largest absolute Gasteiger partial charge is 0.494 e. The van der Waals surface area contributed by atoms with E-state index in [1.165, 1.54) is 53.8 Å². The molecule has 0 saturated heterocycles. The molecule has 0 bridgehead atoms. The molecule has 0 spiro atoms. The molecule has 1 N–H and O–H groups in total. The summed E-state index contributed by atoms with van der Waals surface area (Å²) in [5.74, 6) is -0.334. The van der Waals surface area contributed by atoms with Gasteiger partial charge in [-0.2, -0.15) is 0 Å². The van der Waals surface area contributed by atoms with Gasteiger partial charge in [-0.05, 0) is 47.5 Å². The molecule has 2 aromatic heterocycles. The third-order valence-corrected chi connectivity index (χ3v) is 6.43. The Morgan fingerprint density at radius 3 is 2.50 bits per heavy atom. The second-order valence-electron chi connectivity index (χ2n) is 7.56. The van der Waals surface area contributed by atoms with Gasteiger partial charge < -0.3 is 9.72 Å². The molecule has 0 amide bonds. The van der Waals surface area contributed by atoms with E-state index in [2.05, 4.69) is 4.98 Å². The first-order valence-corrected chi connectivity index (χ1v) is 11.4. The molecule has 0 saturated carbocycles. The van der Waals surface area contributed by atoms with Crippen LogP contribution in [0.3, 0.4) is 0 Å². The second-order valence-corrected chi connectivity index (χ2v) is 8.50. The third kappa shape index (κ3) is 4.08. The number of nitrogens with one attached hydrogen (secondary N) is 1. The maximum atomic E-state index is 14.2. The molecule has 0 aliphatic heterocycles. The molecule has 5 rings (SSSR count). The molecular formula is C26H19F2N3O2S. The molecule has 5 aromatic rings. The van der Waals surface area contributed by atoms with E-state index in [4.69, 9.17) is 9.72 Å². The van der Waals surface area contributed by atoms with Gasteiger partial charge in [0.2, 0.25) is 0 Å². The Kier molecular flexibility index (Phi) is 5.90. The number of hydrogen-bond donors (Lipinski definition) is 1. The van der Waals surface area contributed by atoms with Crippen LogP contribution in [0.5, 0.6) is 5.75 Å². The number of aromatic nitrogens is 3. The minimum absolute atomic E-state index is 0.163. The number of hydrogen-bond acceptors (Lipinski definition) is 4. The van der Waals surface area contributed by atoms with E-state index in [1.54, 1.807) is 18.3 Å². The smallest absolute Gasteiger partial charge is 0.283 e. The summed E-state index contributed by atoms with van der Waals surface area (Å²) < 4.78 is 34.2. The topological polar surface area (TPSA) is 59.9 Å². The summed E-state index contributed by atoms with van der Waals surface area (Å²) in [5.41, 5.74) is 3.51. The Morgan fingerprint density at radius 2 is 1.79 bits per heavy atom. The van der Waals surface area contributed by atoms with Crippen LogP contribution in [0.4, 0.5) is 8.78 Å². The first-order chi connectivity index (χ1) is 16.5. The lowest BCUT2D eigenvalue weighted by Gasteiger charge is -2.13. The van der Waals surface area contributed by atoms with E-state index in [0.717, 1.165) is 11.1 Å². The lowest BCUT2D eigenvalue weighted by molar-refractivity contribution is 0.386. The number of aromatic amines is 1. The molecule has 34 heavy (non-hydrogen) atoms. The maximum absolute atomic E-state index is 14.2. The van der Waals surface area contributed by atoms with Crippen molar-refractivity contribution in [3.63, 3.8) is 0 Å². The Balaban J connectivity index is 1.63. The molecule has 0 fully saturated rings. The van der Waals surface area contributed by atoms with E-state index < -0.39 is 11.6 Å². The summed E-state index contributed by atoms with van der Waals surface area (Å²) in [6.07, 6.45) is 1.76. The number of methoxy groups -OCH3 is 1. The quantitative estimate of drug-likeness (QED) is 0.243. The molecule has 0 unspecified atom stereocenters. The molecule has 2 heterocycles. The summed E-state index contributed by atoms with van der Waals surface area (Å²) in [7, 11) is 1.41. The SMILES string of the molecule is COc1ccc(CSc2nc3c(-c4ccccc4)c[nH]c3c(=O)n2-c2ccc(F)cc2)cc1F. The zero-order valence-electron chi connectivity index (χ0n) is 18.1. The number of H-pyrrole nitrogens is 1. The highest BCUT2D eigenvalue weighted by molar-refractivity contribution is 7.98. The predicted molar refractivity (Wildman–Crippen MR) is 130 cm³/mol. The van der Waals surface area contributed by atoms with Crippen molar-refractivity contribution < 1.29 is 13.5 Å². The van der Waals surface area contributed by atoms with Gasteiger partial charge in [-0.1, -0.05) is 48.2 Å². The van der Waals surface area contributed by atoms with E-state index >= 15 is 0 Å². The van der Waals surface area contributed by atoms with Crippen LogP contribution in [0.2, 0.25) is 0 Å². The van der Waals surface area contributed by atoms with Crippen molar-refractivity contribution in [3.05, 3.63) is 107 Å². The highest BCUT2D eigenvalue weighted by Crippen LogP contribution is 2.30. The van der Waals surface area contributed by atoms with Crippen LogP contribution >= 0.6 is 11.8 Å². The molecule has 3 aromatic carbocycles. The van der Waals surface area contributed by atoms with Crippen LogP contribution in [0.1, 0.15) is 5.56 Å². The van der Waals surface area contributed by atoms with Crippen LogP contribution in [0, 0.1) is 11.6 Å². The van der Waals surface area contributed by atoms with Crippen molar-refractivity contribution in [2.75, 3.05) is 7.11 Å². The molecule has 8 heteroatoms. The average molecular weight is 476 g/mol. The van der Waals surface area contributed by atoms with Gasteiger partial charge in [0.15, 0.2) is 16.7 Å². The van der Waals surface area contributed by atoms with Crippen molar-refractivity contribution in [1.29, 1.82) is 0 Å². The molecule has 170 valence electrons. The van der Waals surface area contributed by atoms with Gasteiger partial charge in [-0.3, -0.25) is 9.36 Å². The first-order valence-electron chi connectivity index (χ1n) is 10.5. The normalized spacial score (nSPS) is 11.1. The number of fused-ring (bicyclic) bond motifs is 1. The zero-order valence-corrected chi connectivity index (χ0v) is 18.9. The fourth-order valence-electron chi connectivity index (χ4n) is 3.74. The fraction of sp³-hybridized carbons (Fsp3) is 0.0769. The van der Waals surface area contributed by atoms with Gasteiger partial charge in [0.05, 0.1) is 12.8 Å². The van der Waals surface area contributed by atoms with Gasteiger partial charge >= 0.3 is 0 Å². The van der Waals surface area contributed by atoms with Gasteiger partial charge in [0.25, 0.3) is 5.56 Å². The van der Waals surface area contributed by atoms with Crippen LogP contribution in [-0.4, -0.2) is 21.6 Å². The Hall–Kier alpha value is -3.91. The van der Waals surface area contributed by atoms with E-state index in [-0.39, 0.29) is 11.3 Å². The number of halogens is 2. The summed E-state index contributed by atoms with van der Waals surface area (Å²) in [6.45, 7) is 0. The highest BCUT2D eigenvalue weighted by Gasteiger charge is 2.18. The Bertz CT molecular complexity index is 1530. The van der Waals surface area contributed by atoms with Crippen LogP contribution in [0.25, 0.3) is 27.8 Å². The number of benzene rings is 3. The van der Waals surface area contributed by atoms with E-state index in [9.17, 15) is 13.6 Å². The van der Waals surface area contributed by atoms with E-state index in [0.29, 0.717) is 33.2 Å². The Labute approximate surface area is 198 Å². The minimum Gasteiger partial charge on any atom is -0.494 e. The molecule has 0 atom stereocenters. The van der Waals surface area contributed by atoms with Crippen molar-refractivity contribution in [2.45, 2.75) is 10.9 Å². The number of ether oxygens (including phenoxy) is 1. The maximum Gasteiger partial charge on any atom is 0.283 e. The highest BCUT2D eigenvalue weighted by atomic mass is 32.2. The molecule has 0 aliphatic rings. The van der Waals surface area contributed by atoms with Gasteiger partial charge in [-0.25, -0.2) is 13.8 Å². The number of nitrogens with zero attached hydrogens (tertiary/aromatic N) is 2. The van der Waals surface area contributed by atoms with Crippen LogP contribution in [0.15, 0.2) is 88.9 Å². The Morgan fingerprint density at radius 1 is 1.03 bits per heavy atom. The summed E-state index contributed by atoms with van der Waals surface area (Å²) in [6, 6.07) is 20.0. The van der Waals surface area contributed by atoms with Crippen molar-refractivity contribution >= 4 is 22.8 Å². The minimum atomic E-state index is -0.461. The van der Waals surface area contributed by atoms with Crippen molar-refractivity contribution in [1.82, 2.24) is 14.5 Å². The fourth-order valence-corrected chi connectivity index (χ4v) is 4.69. The molecule has 0 aliphatic carbocycles. The molecule has 5 nitrogen and oxygen atoms in total. The van der Waals surface area contributed by atoms with Crippen LogP contribution in [-0.2, 0) is 5.75 Å². The summed E-state index contributed by atoms with van der Waals surface area (Å²) >= 11 is 1.29. The third-order valence-electron chi connectivity index (χ3n) is 5.42. The van der Waals surface area contributed by atoms with Gasteiger partial charge in [-0.15, -0.1) is 0 Å². The molecule has 0 radical (unpaired) electrons. The predicted octanol–water partition coefficient (Wildman–Crippen LogP) is 5.96. The monoisotopic (exact) mass is 475 g/mol. The lowest BCUT2D eigenvalue weighted by atomic mass is 10.1.